The number of nitrogens with two attached hydrogens (primary N) is 1. The average molecular weight is 318 g/mol. The van der Waals surface area contributed by atoms with E-state index >= 15 is 0 Å². The van der Waals surface area contributed by atoms with E-state index in [4.69, 9.17) is 5.73 Å². The van der Waals surface area contributed by atoms with Crippen molar-refractivity contribution in [1.82, 2.24) is 9.80 Å². The number of rotatable bonds is 6. The molecule has 1 atom stereocenters. The highest BCUT2D eigenvalue weighted by Gasteiger charge is 2.16. The van der Waals surface area contributed by atoms with Crippen molar-refractivity contribution in [2.45, 2.75) is 6.04 Å². The molecule has 1 rings (SSSR count). The van der Waals surface area contributed by atoms with Gasteiger partial charge in [0.05, 0.1) is 4.47 Å². The number of hydrogen-bond donors (Lipinski definition) is 1. The molecule has 5 heteroatoms. The standard InChI is InChI=1S/C13H21BrFN3/c1-17(2)6-7-18(3)13(9-16)10-4-5-12(15)11(14)8-10/h4-5,8,13H,6-7,9,16H2,1-3H3. The summed E-state index contributed by atoms with van der Waals surface area (Å²) in [6, 6.07) is 5.19. The Morgan fingerprint density at radius 1 is 1.28 bits per heavy atom. The summed E-state index contributed by atoms with van der Waals surface area (Å²) in [6.07, 6.45) is 0. The second-order valence-corrected chi connectivity index (χ2v) is 5.56. The topological polar surface area (TPSA) is 32.5 Å². The quantitative estimate of drug-likeness (QED) is 0.872. The van der Waals surface area contributed by atoms with E-state index in [0.717, 1.165) is 18.7 Å². The Hall–Kier alpha value is -0.490. The third kappa shape index (κ3) is 4.31. The minimum absolute atomic E-state index is 0.113. The highest BCUT2D eigenvalue weighted by atomic mass is 79.9. The normalized spacial score (nSPS) is 13.3. The van der Waals surface area contributed by atoms with E-state index in [0.29, 0.717) is 11.0 Å². The molecule has 0 aliphatic heterocycles. The zero-order valence-electron chi connectivity index (χ0n) is 11.2. The maximum absolute atomic E-state index is 13.2. The number of hydrogen-bond acceptors (Lipinski definition) is 3. The Morgan fingerprint density at radius 3 is 2.44 bits per heavy atom. The summed E-state index contributed by atoms with van der Waals surface area (Å²) in [5.74, 6) is -0.245. The van der Waals surface area contributed by atoms with Crippen LogP contribution < -0.4 is 5.73 Å². The van der Waals surface area contributed by atoms with Gasteiger partial charge in [-0.1, -0.05) is 6.07 Å². The summed E-state index contributed by atoms with van der Waals surface area (Å²) in [6.45, 7) is 2.40. The lowest BCUT2D eigenvalue weighted by Crippen LogP contribution is -2.35. The van der Waals surface area contributed by atoms with Gasteiger partial charge < -0.3 is 10.6 Å². The van der Waals surface area contributed by atoms with Gasteiger partial charge in [-0.05, 0) is 54.8 Å². The minimum atomic E-state index is -0.245. The number of benzene rings is 1. The Morgan fingerprint density at radius 2 is 1.94 bits per heavy atom. The Kier molecular flexibility index (Phi) is 6.21. The maximum Gasteiger partial charge on any atom is 0.137 e. The van der Waals surface area contributed by atoms with E-state index in [1.807, 2.05) is 21.1 Å². The Labute approximate surface area is 117 Å². The van der Waals surface area contributed by atoms with Gasteiger partial charge in [0.25, 0.3) is 0 Å². The van der Waals surface area contributed by atoms with Gasteiger partial charge in [-0.3, -0.25) is 4.90 Å². The third-order valence-electron chi connectivity index (χ3n) is 2.98. The number of halogens is 2. The van der Waals surface area contributed by atoms with Crippen LogP contribution in [0.5, 0.6) is 0 Å². The lowest BCUT2D eigenvalue weighted by Gasteiger charge is -2.28. The van der Waals surface area contributed by atoms with Gasteiger partial charge in [0.2, 0.25) is 0 Å². The molecule has 0 bridgehead atoms. The van der Waals surface area contributed by atoms with Gasteiger partial charge in [0.15, 0.2) is 0 Å². The number of likely N-dealkylation sites (N-methyl/N-ethyl adjacent to an activating group) is 2. The Bertz CT molecular complexity index is 384. The molecule has 1 unspecified atom stereocenters. The van der Waals surface area contributed by atoms with Gasteiger partial charge in [0.1, 0.15) is 5.82 Å². The molecule has 0 heterocycles. The molecule has 2 N–H and O–H groups in total. The highest BCUT2D eigenvalue weighted by molar-refractivity contribution is 9.10. The van der Waals surface area contributed by atoms with Crippen LogP contribution in [0.3, 0.4) is 0 Å². The van der Waals surface area contributed by atoms with Crippen LogP contribution in [-0.4, -0.2) is 50.6 Å². The van der Waals surface area contributed by atoms with Crippen LogP contribution in [0.15, 0.2) is 22.7 Å². The molecule has 1 aromatic carbocycles. The molecule has 0 saturated carbocycles. The highest BCUT2D eigenvalue weighted by Crippen LogP contribution is 2.23. The average Bonchev–Trinajstić information content (AvgIpc) is 2.32. The van der Waals surface area contributed by atoms with Gasteiger partial charge in [-0.2, -0.15) is 0 Å². The first-order valence-corrected chi connectivity index (χ1v) is 6.75. The van der Waals surface area contributed by atoms with Gasteiger partial charge >= 0.3 is 0 Å². The number of nitrogens with zero attached hydrogens (tertiary/aromatic N) is 2. The van der Waals surface area contributed by atoms with E-state index in [9.17, 15) is 4.39 Å². The van der Waals surface area contributed by atoms with E-state index in [-0.39, 0.29) is 11.9 Å². The zero-order chi connectivity index (χ0) is 13.7. The molecule has 0 fully saturated rings. The molecular weight excluding hydrogens is 297 g/mol. The van der Waals surface area contributed by atoms with Crippen LogP contribution in [0.25, 0.3) is 0 Å². The fourth-order valence-corrected chi connectivity index (χ4v) is 2.20. The fourth-order valence-electron chi connectivity index (χ4n) is 1.80. The fraction of sp³-hybridized carbons (Fsp3) is 0.538. The van der Waals surface area contributed by atoms with Gasteiger partial charge in [0, 0.05) is 25.7 Å². The molecule has 0 aromatic heterocycles. The molecule has 0 aliphatic rings. The van der Waals surface area contributed by atoms with Crippen LogP contribution >= 0.6 is 15.9 Å². The molecule has 1 aromatic rings. The lowest BCUT2D eigenvalue weighted by molar-refractivity contribution is 0.222. The smallest absolute Gasteiger partial charge is 0.137 e. The first kappa shape index (κ1) is 15.6. The summed E-state index contributed by atoms with van der Waals surface area (Å²) in [5.41, 5.74) is 6.87. The second-order valence-electron chi connectivity index (χ2n) is 4.71. The van der Waals surface area contributed by atoms with Crippen molar-refractivity contribution < 1.29 is 4.39 Å². The molecule has 18 heavy (non-hydrogen) atoms. The van der Waals surface area contributed by atoms with Crippen molar-refractivity contribution in [3.8, 4) is 0 Å². The monoisotopic (exact) mass is 317 g/mol. The second kappa shape index (κ2) is 7.19. The van der Waals surface area contributed by atoms with E-state index in [2.05, 4.69) is 25.7 Å². The van der Waals surface area contributed by atoms with Crippen molar-refractivity contribution in [2.75, 3.05) is 40.8 Å². The first-order chi connectivity index (χ1) is 8.45. The molecule has 0 amide bonds. The predicted molar refractivity (Wildman–Crippen MR) is 77.1 cm³/mol. The van der Waals surface area contributed by atoms with Crippen molar-refractivity contribution >= 4 is 15.9 Å². The van der Waals surface area contributed by atoms with Crippen LogP contribution in [0.4, 0.5) is 4.39 Å². The third-order valence-corrected chi connectivity index (χ3v) is 3.59. The molecule has 0 saturated heterocycles. The molecule has 3 nitrogen and oxygen atoms in total. The van der Waals surface area contributed by atoms with E-state index in [1.54, 1.807) is 12.1 Å². The van der Waals surface area contributed by atoms with Crippen LogP contribution in [-0.2, 0) is 0 Å². The van der Waals surface area contributed by atoms with Gasteiger partial charge in [-0.15, -0.1) is 0 Å². The largest absolute Gasteiger partial charge is 0.329 e. The van der Waals surface area contributed by atoms with E-state index < -0.39 is 0 Å². The molecular formula is C13H21BrFN3. The molecule has 0 aliphatic carbocycles. The van der Waals surface area contributed by atoms with E-state index in [1.165, 1.54) is 6.07 Å². The lowest BCUT2D eigenvalue weighted by atomic mass is 10.1. The van der Waals surface area contributed by atoms with Crippen molar-refractivity contribution in [3.05, 3.63) is 34.1 Å². The first-order valence-electron chi connectivity index (χ1n) is 5.95. The summed E-state index contributed by atoms with van der Waals surface area (Å²) < 4.78 is 13.7. The van der Waals surface area contributed by atoms with Crippen molar-refractivity contribution in [3.63, 3.8) is 0 Å². The summed E-state index contributed by atoms with van der Waals surface area (Å²) >= 11 is 3.21. The SMILES string of the molecule is CN(C)CCN(C)C(CN)c1ccc(F)c(Br)c1. The van der Waals surface area contributed by atoms with Crippen molar-refractivity contribution in [2.24, 2.45) is 5.73 Å². The summed E-state index contributed by atoms with van der Waals surface area (Å²) in [7, 11) is 6.12. The predicted octanol–water partition coefficient (Wildman–Crippen LogP) is 2.08. The van der Waals surface area contributed by atoms with Crippen LogP contribution in [0.1, 0.15) is 11.6 Å². The van der Waals surface area contributed by atoms with Crippen LogP contribution in [0, 0.1) is 5.82 Å². The maximum atomic E-state index is 13.2. The van der Waals surface area contributed by atoms with Gasteiger partial charge in [-0.25, -0.2) is 4.39 Å². The minimum Gasteiger partial charge on any atom is -0.329 e. The molecule has 0 radical (unpaired) electrons. The summed E-state index contributed by atoms with van der Waals surface area (Å²) in [4.78, 5) is 4.32. The molecule has 0 spiro atoms. The zero-order valence-corrected chi connectivity index (χ0v) is 12.7. The van der Waals surface area contributed by atoms with Crippen LogP contribution in [0.2, 0.25) is 0 Å². The summed E-state index contributed by atoms with van der Waals surface area (Å²) in [5, 5.41) is 0. The Balaban J connectivity index is 2.78. The van der Waals surface area contributed by atoms with Crippen molar-refractivity contribution in [1.29, 1.82) is 0 Å². The molecule has 102 valence electrons.